The molecule has 0 spiro atoms. The van der Waals surface area contributed by atoms with Gasteiger partial charge in [-0.15, -0.1) is 0 Å². The van der Waals surface area contributed by atoms with Crippen molar-refractivity contribution in [2.45, 2.75) is 97.8 Å². The van der Waals surface area contributed by atoms with Gasteiger partial charge in [0.05, 0.1) is 19.3 Å². The van der Waals surface area contributed by atoms with E-state index in [1.807, 2.05) is 41.5 Å². The molecule has 4 amide bonds. The monoisotopic (exact) mass is 552 g/mol. The zero-order valence-electron chi connectivity index (χ0n) is 24.1. The molecule has 0 aromatic carbocycles. The van der Waals surface area contributed by atoms with Gasteiger partial charge in [-0.3, -0.25) is 19.2 Å². The Labute approximate surface area is 231 Å². The normalized spacial score (nSPS) is 15.9. The molecule has 7 N–H and O–H groups in total. The Balaban J connectivity index is 3.01. The van der Waals surface area contributed by atoms with Gasteiger partial charge in [-0.05, 0) is 37.0 Å². The Morgan fingerprint density at radius 1 is 0.846 bits per heavy atom. The van der Waals surface area contributed by atoms with Gasteiger partial charge in [-0.1, -0.05) is 41.5 Å². The van der Waals surface area contributed by atoms with Crippen LogP contribution < -0.4 is 31.9 Å². The first-order valence-corrected chi connectivity index (χ1v) is 13.8. The third-order valence-electron chi connectivity index (χ3n) is 6.09. The summed E-state index contributed by atoms with van der Waals surface area (Å²) in [6.45, 7) is 11.5. The van der Waals surface area contributed by atoms with Crippen molar-refractivity contribution in [1.82, 2.24) is 31.9 Å². The Bertz CT molecular complexity index is 860. The maximum atomic E-state index is 13.3. The predicted octanol–water partition coefficient (Wildman–Crippen LogP) is 0.0270. The lowest BCUT2D eigenvalue weighted by Gasteiger charge is -2.26. The summed E-state index contributed by atoms with van der Waals surface area (Å²) >= 11 is 0. The Hall–Kier alpha value is -3.15. The minimum atomic E-state index is -1.32. The zero-order valence-corrected chi connectivity index (χ0v) is 24.1. The largest absolute Gasteiger partial charge is 0.394 e. The highest BCUT2D eigenvalue weighted by Crippen LogP contribution is 2.11. The van der Waals surface area contributed by atoms with Crippen LogP contribution in [0.4, 0.5) is 0 Å². The van der Waals surface area contributed by atoms with Crippen LogP contribution in [0.3, 0.4) is 0 Å². The Morgan fingerprint density at radius 2 is 1.44 bits per heavy atom. The zero-order chi connectivity index (χ0) is 29.5. The van der Waals surface area contributed by atoms with Crippen molar-refractivity contribution in [3.05, 3.63) is 11.9 Å². The molecule has 0 aliphatic carbocycles. The van der Waals surface area contributed by atoms with Gasteiger partial charge >= 0.3 is 0 Å². The van der Waals surface area contributed by atoms with Crippen LogP contribution >= 0.6 is 0 Å². The van der Waals surface area contributed by atoms with Crippen molar-refractivity contribution in [2.75, 3.05) is 13.3 Å². The second kappa shape index (κ2) is 17.4. The second-order valence-corrected chi connectivity index (χ2v) is 11.3. The van der Waals surface area contributed by atoms with Gasteiger partial charge in [0, 0.05) is 24.7 Å². The van der Waals surface area contributed by atoms with Gasteiger partial charge in [0.1, 0.15) is 24.4 Å². The standard InChI is InChI=1S/C27H48N6O6/c1-16(2)7-8-24(36)31-21(10-18(5)6)25(37)32-22(11-19-12-28-15-29-19)26(38)33-23(14-35)27(39)30-20(13-34)9-17(3)4/h12-13,16-18,20-23,28-29,35H,7-11,14-15H2,1-6H3,(H,30,39)(H,31,36)(H,32,37)(H,33,38)/t20-,21-,22-,23-/m0/s1. The molecule has 1 rings (SSSR count). The summed E-state index contributed by atoms with van der Waals surface area (Å²) in [7, 11) is 0. The predicted molar refractivity (Wildman–Crippen MR) is 148 cm³/mol. The minimum Gasteiger partial charge on any atom is -0.394 e. The molecule has 1 aliphatic rings. The summed E-state index contributed by atoms with van der Waals surface area (Å²) in [6, 6.07) is -4.02. The summed E-state index contributed by atoms with van der Waals surface area (Å²) in [5.74, 6) is -1.56. The second-order valence-electron chi connectivity index (χ2n) is 11.3. The molecule has 0 saturated carbocycles. The minimum absolute atomic E-state index is 0.0876. The van der Waals surface area contributed by atoms with Crippen molar-refractivity contribution in [3.8, 4) is 0 Å². The fourth-order valence-corrected chi connectivity index (χ4v) is 4.02. The first kappa shape index (κ1) is 33.9. The van der Waals surface area contributed by atoms with Crippen molar-refractivity contribution >= 4 is 29.9 Å². The van der Waals surface area contributed by atoms with Crippen molar-refractivity contribution < 1.29 is 29.1 Å². The molecular weight excluding hydrogens is 504 g/mol. The van der Waals surface area contributed by atoms with E-state index in [1.165, 1.54) is 0 Å². The number of carbonyl (C=O) groups is 5. The highest BCUT2D eigenvalue weighted by atomic mass is 16.3. The van der Waals surface area contributed by atoms with E-state index in [9.17, 15) is 29.1 Å². The smallest absolute Gasteiger partial charge is 0.245 e. The lowest BCUT2D eigenvalue weighted by Crippen LogP contribution is -2.58. The first-order valence-electron chi connectivity index (χ1n) is 13.8. The SMILES string of the molecule is CC(C)CCC(=O)N[C@@H](CC(C)C)C(=O)N[C@@H](CC1=CNCN1)C(=O)N[C@@H](CO)C(=O)N[C@H](C=O)CC(C)C. The quantitative estimate of drug-likeness (QED) is 0.116. The van der Waals surface area contributed by atoms with E-state index in [1.54, 1.807) is 6.20 Å². The van der Waals surface area contributed by atoms with E-state index in [0.717, 1.165) is 0 Å². The molecular formula is C27H48N6O6. The molecule has 0 bridgehead atoms. The van der Waals surface area contributed by atoms with Crippen LogP contribution in [0.5, 0.6) is 0 Å². The number of aliphatic hydroxyl groups excluding tert-OH is 1. The van der Waals surface area contributed by atoms with Crippen LogP contribution in [0, 0.1) is 17.8 Å². The highest BCUT2D eigenvalue weighted by Gasteiger charge is 2.31. The third-order valence-corrected chi connectivity index (χ3v) is 6.09. The van der Waals surface area contributed by atoms with Crippen LogP contribution in [-0.4, -0.2) is 72.5 Å². The fourth-order valence-electron chi connectivity index (χ4n) is 4.02. The molecule has 0 fully saturated rings. The number of hydrogen-bond acceptors (Lipinski definition) is 8. The van der Waals surface area contributed by atoms with Crippen LogP contribution in [0.25, 0.3) is 0 Å². The molecule has 0 aromatic rings. The van der Waals surface area contributed by atoms with Gasteiger partial charge in [0.15, 0.2) is 0 Å². The van der Waals surface area contributed by atoms with E-state index in [4.69, 9.17) is 0 Å². The number of carbonyl (C=O) groups excluding carboxylic acids is 5. The van der Waals surface area contributed by atoms with E-state index in [2.05, 4.69) is 31.9 Å². The van der Waals surface area contributed by atoms with Crippen molar-refractivity contribution in [1.29, 1.82) is 0 Å². The van der Waals surface area contributed by atoms with E-state index in [-0.39, 0.29) is 30.6 Å². The number of nitrogens with one attached hydrogen (secondary N) is 6. The molecule has 1 heterocycles. The summed E-state index contributed by atoms with van der Waals surface area (Å²) < 4.78 is 0. The number of aldehydes is 1. The molecule has 1 aliphatic heterocycles. The topological polar surface area (TPSA) is 178 Å². The molecule has 4 atom stereocenters. The maximum absolute atomic E-state index is 13.3. The average Bonchev–Trinajstić information content (AvgIpc) is 3.37. The Kier molecular flexibility index (Phi) is 15.1. The maximum Gasteiger partial charge on any atom is 0.245 e. The Morgan fingerprint density at radius 3 is 1.95 bits per heavy atom. The van der Waals surface area contributed by atoms with E-state index >= 15 is 0 Å². The number of amides is 4. The van der Waals surface area contributed by atoms with Gasteiger partial charge in [-0.2, -0.15) is 0 Å². The van der Waals surface area contributed by atoms with Crippen molar-refractivity contribution in [3.63, 3.8) is 0 Å². The summed E-state index contributed by atoms with van der Waals surface area (Å²) in [6.07, 6.45) is 4.15. The van der Waals surface area contributed by atoms with Crippen LogP contribution in [0.2, 0.25) is 0 Å². The molecule has 12 heteroatoms. The van der Waals surface area contributed by atoms with Gasteiger partial charge < -0.3 is 41.8 Å². The lowest BCUT2D eigenvalue weighted by molar-refractivity contribution is -0.134. The van der Waals surface area contributed by atoms with Crippen LogP contribution in [0.1, 0.15) is 73.6 Å². The number of hydrogen-bond donors (Lipinski definition) is 7. The van der Waals surface area contributed by atoms with Crippen LogP contribution in [-0.2, 0) is 24.0 Å². The fraction of sp³-hybridized carbons (Fsp3) is 0.741. The average molecular weight is 553 g/mol. The summed E-state index contributed by atoms with van der Waals surface area (Å²) in [5, 5.41) is 26.4. The molecule has 0 unspecified atom stereocenters. The summed E-state index contributed by atoms with van der Waals surface area (Å²) in [4.78, 5) is 63.1. The van der Waals surface area contributed by atoms with Gasteiger partial charge in [0.2, 0.25) is 23.6 Å². The van der Waals surface area contributed by atoms with E-state index < -0.39 is 48.5 Å². The molecule has 0 radical (unpaired) electrons. The number of aliphatic hydroxyl groups is 1. The first-order chi connectivity index (χ1) is 18.4. The van der Waals surface area contributed by atoms with Crippen molar-refractivity contribution in [2.24, 2.45) is 17.8 Å². The van der Waals surface area contributed by atoms with Crippen LogP contribution in [0.15, 0.2) is 11.9 Å². The van der Waals surface area contributed by atoms with E-state index in [0.29, 0.717) is 43.8 Å². The number of rotatable bonds is 18. The van der Waals surface area contributed by atoms with Gasteiger partial charge in [0.25, 0.3) is 0 Å². The molecule has 39 heavy (non-hydrogen) atoms. The third kappa shape index (κ3) is 13.5. The molecule has 0 aromatic heterocycles. The summed E-state index contributed by atoms with van der Waals surface area (Å²) in [5.41, 5.74) is 0.666. The molecule has 0 saturated heterocycles. The van der Waals surface area contributed by atoms with Gasteiger partial charge in [-0.25, -0.2) is 0 Å². The molecule has 222 valence electrons. The highest BCUT2D eigenvalue weighted by molar-refractivity contribution is 5.94. The molecule has 12 nitrogen and oxygen atoms in total. The lowest BCUT2D eigenvalue weighted by atomic mass is 10.0.